The zero-order valence-electron chi connectivity index (χ0n) is 11.5. The number of nitrogens with zero attached hydrogens (tertiary/aromatic N) is 4. The fourth-order valence-electron chi connectivity index (χ4n) is 1.76. The van der Waals surface area contributed by atoms with Gasteiger partial charge in [0.2, 0.25) is 0 Å². The molecule has 0 fully saturated rings. The summed E-state index contributed by atoms with van der Waals surface area (Å²) < 4.78 is 1.89. The van der Waals surface area contributed by atoms with E-state index in [4.69, 9.17) is 0 Å². The lowest BCUT2D eigenvalue weighted by Gasteiger charge is -2.11. The van der Waals surface area contributed by atoms with Gasteiger partial charge in [-0.3, -0.25) is 0 Å². The van der Waals surface area contributed by atoms with E-state index in [2.05, 4.69) is 54.3 Å². The van der Waals surface area contributed by atoms with E-state index in [1.807, 2.05) is 10.7 Å². The Morgan fingerprint density at radius 1 is 1.39 bits per heavy atom. The second kappa shape index (κ2) is 5.35. The van der Waals surface area contributed by atoms with E-state index in [1.54, 1.807) is 6.20 Å². The lowest BCUT2D eigenvalue weighted by Crippen LogP contribution is -2.21. The molecule has 98 valence electrons. The van der Waals surface area contributed by atoms with Gasteiger partial charge < -0.3 is 10.2 Å². The second-order valence-corrected chi connectivity index (χ2v) is 5.06. The molecule has 0 aliphatic rings. The molecular weight excluding hydrogens is 226 g/mol. The van der Waals surface area contributed by atoms with Crippen molar-refractivity contribution in [3.05, 3.63) is 24.2 Å². The van der Waals surface area contributed by atoms with Crippen molar-refractivity contribution in [2.45, 2.75) is 19.8 Å². The minimum atomic E-state index is 0.430. The lowest BCUT2D eigenvalue weighted by molar-refractivity contribution is 0.425. The van der Waals surface area contributed by atoms with Crippen LogP contribution in [-0.2, 0) is 0 Å². The summed E-state index contributed by atoms with van der Waals surface area (Å²) in [5.41, 5.74) is 2.14. The summed E-state index contributed by atoms with van der Waals surface area (Å²) in [5, 5.41) is 7.90. The number of anilines is 1. The van der Waals surface area contributed by atoms with E-state index in [9.17, 15) is 0 Å². The van der Waals surface area contributed by atoms with Gasteiger partial charge in [0.15, 0.2) is 5.82 Å². The van der Waals surface area contributed by atoms with Crippen LogP contribution in [0.15, 0.2) is 18.5 Å². The minimum Gasteiger partial charge on any atom is -0.367 e. The van der Waals surface area contributed by atoms with E-state index in [1.165, 1.54) is 0 Å². The first-order valence-electron chi connectivity index (χ1n) is 6.31. The van der Waals surface area contributed by atoms with Crippen molar-refractivity contribution in [3.63, 3.8) is 0 Å². The smallest absolute Gasteiger partial charge is 0.152 e. The average Bonchev–Trinajstić information content (AvgIpc) is 2.73. The average molecular weight is 247 g/mol. The molecular formula is C13H21N5. The number of rotatable bonds is 5. The van der Waals surface area contributed by atoms with Crippen LogP contribution in [0.25, 0.3) is 5.52 Å². The molecule has 1 N–H and O–H groups in total. The van der Waals surface area contributed by atoms with Crippen LogP contribution in [0.5, 0.6) is 0 Å². The fourth-order valence-corrected chi connectivity index (χ4v) is 1.76. The molecule has 5 heteroatoms. The predicted molar refractivity (Wildman–Crippen MR) is 74.1 cm³/mol. The van der Waals surface area contributed by atoms with Gasteiger partial charge >= 0.3 is 0 Å². The summed E-state index contributed by atoms with van der Waals surface area (Å²) in [4.78, 5) is 6.53. The van der Waals surface area contributed by atoms with E-state index in [0.29, 0.717) is 5.92 Å². The number of likely N-dealkylation sites (N-methyl/N-ethyl adjacent to an activating group) is 1. The van der Waals surface area contributed by atoms with Gasteiger partial charge in [0.1, 0.15) is 5.52 Å². The first kappa shape index (κ1) is 12.8. The molecule has 0 bridgehead atoms. The van der Waals surface area contributed by atoms with Gasteiger partial charge in [-0.05, 0) is 26.1 Å². The van der Waals surface area contributed by atoms with Gasteiger partial charge in [0.05, 0.1) is 5.69 Å². The quantitative estimate of drug-likeness (QED) is 0.875. The summed E-state index contributed by atoms with van der Waals surface area (Å²) in [6.07, 6.45) is 3.67. The molecule has 0 aliphatic carbocycles. The van der Waals surface area contributed by atoms with Crippen LogP contribution in [0.4, 0.5) is 5.82 Å². The maximum atomic E-state index is 4.54. The first-order chi connectivity index (χ1) is 8.58. The molecule has 2 aromatic rings. The molecule has 0 saturated heterocycles. The summed E-state index contributed by atoms with van der Waals surface area (Å²) in [7, 11) is 4.12. The van der Waals surface area contributed by atoms with Crippen LogP contribution >= 0.6 is 0 Å². The summed E-state index contributed by atoms with van der Waals surface area (Å²) in [5.74, 6) is 1.33. The van der Waals surface area contributed by atoms with E-state index < -0.39 is 0 Å². The van der Waals surface area contributed by atoms with Crippen molar-refractivity contribution in [1.82, 2.24) is 19.5 Å². The number of hydrogen-bond acceptors (Lipinski definition) is 4. The molecule has 2 heterocycles. The Balaban J connectivity index is 2.22. The van der Waals surface area contributed by atoms with Crippen LogP contribution in [0.1, 0.15) is 25.5 Å². The standard InChI is InChI=1S/C13H21N5/c1-10(2)11-9-12-13(14-5-7-17(3)4)15-6-8-18(12)16-11/h6,8-10H,5,7H2,1-4H3,(H,14,15). The topological polar surface area (TPSA) is 45.5 Å². The highest BCUT2D eigenvalue weighted by atomic mass is 15.2. The first-order valence-corrected chi connectivity index (χ1v) is 6.31. The van der Waals surface area contributed by atoms with Crippen LogP contribution in [0.3, 0.4) is 0 Å². The maximum Gasteiger partial charge on any atom is 0.152 e. The third-order valence-electron chi connectivity index (χ3n) is 2.85. The summed E-state index contributed by atoms with van der Waals surface area (Å²) in [6, 6.07) is 2.11. The van der Waals surface area contributed by atoms with Crippen molar-refractivity contribution in [1.29, 1.82) is 0 Å². The summed E-state index contributed by atoms with van der Waals surface area (Å²) >= 11 is 0. The number of nitrogens with one attached hydrogen (secondary N) is 1. The number of fused-ring (bicyclic) bond motifs is 1. The largest absolute Gasteiger partial charge is 0.367 e. The summed E-state index contributed by atoms with van der Waals surface area (Å²) in [6.45, 7) is 6.15. The molecule has 0 spiro atoms. The lowest BCUT2D eigenvalue weighted by atomic mass is 10.1. The van der Waals surface area contributed by atoms with Gasteiger partial charge in [-0.1, -0.05) is 13.8 Å². The van der Waals surface area contributed by atoms with Crippen molar-refractivity contribution >= 4 is 11.3 Å². The Hall–Kier alpha value is -1.62. The normalized spacial score (nSPS) is 11.7. The Kier molecular flexibility index (Phi) is 3.81. The van der Waals surface area contributed by atoms with E-state index in [0.717, 1.165) is 30.1 Å². The molecule has 0 radical (unpaired) electrons. The molecule has 0 saturated carbocycles. The molecule has 5 nitrogen and oxygen atoms in total. The van der Waals surface area contributed by atoms with Gasteiger partial charge in [0, 0.05) is 25.5 Å². The highest BCUT2D eigenvalue weighted by molar-refractivity contribution is 5.67. The third-order valence-corrected chi connectivity index (χ3v) is 2.85. The molecule has 0 amide bonds. The molecule has 2 aromatic heterocycles. The predicted octanol–water partition coefficient (Wildman–Crippen LogP) is 1.83. The number of aromatic nitrogens is 3. The fraction of sp³-hybridized carbons (Fsp3) is 0.538. The number of hydrogen-bond donors (Lipinski definition) is 1. The molecule has 0 atom stereocenters. The minimum absolute atomic E-state index is 0.430. The zero-order chi connectivity index (χ0) is 13.1. The van der Waals surface area contributed by atoms with Crippen LogP contribution in [0.2, 0.25) is 0 Å². The van der Waals surface area contributed by atoms with E-state index in [-0.39, 0.29) is 0 Å². The molecule has 0 unspecified atom stereocenters. The van der Waals surface area contributed by atoms with Gasteiger partial charge in [0.25, 0.3) is 0 Å². The molecule has 0 aromatic carbocycles. The Morgan fingerprint density at radius 2 is 2.17 bits per heavy atom. The van der Waals surface area contributed by atoms with Crippen molar-refractivity contribution < 1.29 is 0 Å². The Morgan fingerprint density at radius 3 is 2.83 bits per heavy atom. The van der Waals surface area contributed by atoms with Gasteiger partial charge in [-0.2, -0.15) is 5.10 Å². The van der Waals surface area contributed by atoms with Gasteiger partial charge in [-0.15, -0.1) is 0 Å². The van der Waals surface area contributed by atoms with Crippen molar-refractivity contribution in [2.75, 3.05) is 32.5 Å². The Bertz CT molecular complexity index is 515. The zero-order valence-corrected chi connectivity index (χ0v) is 11.5. The van der Waals surface area contributed by atoms with Crippen LogP contribution in [0, 0.1) is 0 Å². The second-order valence-electron chi connectivity index (χ2n) is 5.06. The van der Waals surface area contributed by atoms with Crippen LogP contribution < -0.4 is 5.32 Å². The maximum absolute atomic E-state index is 4.54. The van der Waals surface area contributed by atoms with Crippen LogP contribution in [-0.4, -0.2) is 46.7 Å². The van der Waals surface area contributed by atoms with Crippen molar-refractivity contribution in [2.24, 2.45) is 0 Å². The highest BCUT2D eigenvalue weighted by Gasteiger charge is 2.09. The highest BCUT2D eigenvalue weighted by Crippen LogP contribution is 2.19. The molecule has 0 aliphatic heterocycles. The molecule has 18 heavy (non-hydrogen) atoms. The third kappa shape index (κ3) is 2.79. The Labute approximate surface area is 108 Å². The monoisotopic (exact) mass is 247 g/mol. The van der Waals surface area contributed by atoms with Gasteiger partial charge in [-0.25, -0.2) is 9.50 Å². The van der Waals surface area contributed by atoms with Crippen molar-refractivity contribution in [3.8, 4) is 0 Å². The molecule has 2 rings (SSSR count). The SMILES string of the molecule is CC(C)c1cc2c(NCCN(C)C)nccn2n1. The van der Waals surface area contributed by atoms with E-state index >= 15 is 0 Å².